The number of likely N-dealkylation sites (tertiary alicyclic amines) is 1. The maximum absolute atomic E-state index is 4.78. The van der Waals surface area contributed by atoms with Gasteiger partial charge in [-0.3, -0.25) is 14.9 Å². The summed E-state index contributed by atoms with van der Waals surface area (Å²) in [6.45, 7) is 13.5. The van der Waals surface area contributed by atoms with Crippen LogP contribution in [0.25, 0.3) is 10.9 Å². The third-order valence-electron chi connectivity index (χ3n) is 8.72. The van der Waals surface area contributed by atoms with Gasteiger partial charge < -0.3 is 0 Å². The number of nitrogens with zero attached hydrogens (tertiary/aromatic N) is 3. The molecule has 0 radical (unpaired) electrons. The molecule has 1 aromatic carbocycles. The summed E-state index contributed by atoms with van der Waals surface area (Å²) in [6.07, 6.45) is 14.3. The van der Waals surface area contributed by atoms with Gasteiger partial charge in [-0.05, 0) is 118 Å². The molecule has 0 spiro atoms. The van der Waals surface area contributed by atoms with Crippen molar-refractivity contribution >= 4 is 10.9 Å². The van der Waals surface area contributed by atoms with E-state index in [2.05, 4.69) is 75.9 Å². The van der Waals surface area contributed by atoms with E-state index in [1.165, 1.54) is 91.3 Å². The average Bonchev–Trinajstić information content (AvgIpc) is 2.94. The van der Waals surface area contributed by atoms with Crippen LogP contribution < -0.4 is 0 Å². The SMILES string of the molecule is CCC.CCc1cccnc1C(C)N1CCC(C2CCC(c3ccc(C)c4cccnc34)CC2)CC1. The first kappa shape index (κ1) is 26.8. The first-order valence-corrected chi connectivity index (χ1v) is 14.6. The molecule has 1 saturated carbocycles. The maximum Gasteiger partial charge on any atom is 0.0739 e. The Hall–Kier alpha value is -2.26. The molecule has 1 aliphatic carbocycles. The zero-order valence-corrected chi connectivity index (χ0v) is 23.3. The molecule has 1 saturated heterocycles. The summed E-state index contributed by atoms with van der Waals surface area (Å²) < 4.78 is 0. The van der Waals surface area contributed by atoms with E-state index >= 15 is 0 Å². The molecule has 1 aliphatic heterocycles. The number of hydrogen-bond acceptors (Lipinski definition) is 3. The summed E-state index contributed by atoms with van der Waals surface area (Å²) in [6, 6.07) is 13.7. The van der Waals surface area contributed by atoms with E-state index in [0.29, 0.717) is 12.0 Å². The number of aromatic nitrogens is 2. The third kappa shape index (κ3) is 5.99. The van der Waals surface area contributed by atoms with Crippen molar-refractivity contribution < 1.29 is 0 Å². The average molecular weight is 486 g/mol. The van der Waals surface area contributed by atoms with Crippen LogP contribution in [0.2, 0.25) is 0 Å². The van der Waals surface area contributed by atoms with E-state index in [9.17, 15) is 0 Å². The highest BCUT2D eigenvalue weighted by Gasteiger charge is 2.33. The summed E-state index contributed by atoms with van der Waals surface area (Å²) in [5.41, 5.74) is 6.76. The third-order valence-corrected chi connectivity index (χ3v) is 8.72. The van der Waals surface area contributed by atoms with Crippen molar-refractivity contribution in [3.63, 3.8) is 0 Å². The van der Waals surface area contributed by atoms with Crippen LogP contribution in [-0.2, 0) is 6.42 Å². The Morgan fingerprint density at radius 1 is 0.833 bits per heavy atom. The molecule has 3 nitrogen and oxygen atoms in total. The van der Waals surface area contributed by atoms with Gasteiger partial charge in [-0.1, -0.05) is 51.5 Å². The smallest absolute Gasteiger partial charge is 0.0739 e. The van der Waals surface area contributed by atoms with E-state index in [4.69, 9.17) is 9.97 Å². The van der Waals surface area contributed by atoms with Gasteiger partial charge in [-0.15, -0.1) is 0 Å². The molecule has 2 fully saturated rings. The van der Waals surface area contributed by atoms with Gasteiger partial charge >= 0.3 is 0 Å². The molecule has 5 rings (SSSR count). The van der Waals surface area contributed by atoms with E-state index in [1.54, 1.807) is 0 Å². The number of fused-ring (bicyclic) bond motifs is 1. The standard InChI is InChI=1S/C30H39N3.C3H8/c1-4-23-7-5-17-31-29(23)22(3)33-19-15-25(16-20-33)24-10-12-26(13-11-24)28-14-9-21(2)27-8-6-18-32-30(27)28;1-3-2/h5-9,14,17-18,22,24-26H,4,10-13,15-16,19-20H2,1-3H3;3H2,1-2H3. The first-order valence-electron chi connectivity index (χ1n) is 14.6. The monoisotopic (exact) mass is 485 g/mol. The Morgan fingerprint density at radius 3 is 2.17 bits per heavy atom. The molecule has 2 aromatic heterocycles. The number of benzene rings is 1. The second-order valence-corrected chi connectivity index (χ2v) is 11.1. The molecule has 2 aliphatic rings. The van der Waals surface area contributed by atoms with Gasteiger partial charge in [0.15, 0.2) is 0 Å². The Labute approximate surface area is 219 Å². The molecular formula is C33H47N3. The summed E-state index contributed by atoms with van der Waals surface area (Å²) in [5.74, 6) is 2.48. The minimum absolute atomic E-state index is 0.431. The number of aryl methyl sites for hydroxylation is 2. The van der Waals surface area contributed by atoms with Crippen molar-refractivity contribution in [2.45, 2.75) is 97.9 Å². The highest BCUT2D eigenvalue weighted by molar-refractivity contribution is 5.85. The number of rotatable bonds is 5. The number of pyridine rings is 2. The molecule has 3 aromatic rings. The summed E-state index contributed by atoms with van der Waals surface area (Å²) in [5, 5.41) is 1.33. The normalized spacial score (nSPS) is 22.1. The number of hydrogen-bond donors (Lipinski definition) is 0. The van der Waals surface area contributed by atoms with Crippen molar-refractivity contribution in [2.75, 3.05) is 13.1 Å². The van der Waals surface area contributed by atoms with Crippen LogP contribution in [0.4, 0.5) is 0 Å². The molecular weight excluding hydrogens is 438 g/mol. The minimum atomic E-state index is 0.431. The largest absolute Gasteiger partial charge is 0.295 e. The fraction of sp³-hybridized carbons (Fsp3) is 0.576. The second kappa shape index (κ2) is 12.8. The molecule has 1 atom stereocenters. The fourth-order valence-corrected chi connectivity index (χ4v) is 6.65. The van der Waals surface area contributed by atoms with Crippen LogP contribution in [-0.4, -0.2) is 28.0 Å². The predicted molar refractivity (Wildman–Crippen MR) is 153 cm³/mol. The Balaban J connectivity index is 0.000000967. The lowest BCUT2D eigenvalue weighted by molar-refractivity contribution is 0.0962. The Kier molecular flexibility index (Phi) is 9.53. The topological polar surface area (TPSA) is 29.0 Å². The van der Waals surface area contributed by atoms with E-state index in [0.717, 1.165) is 18.3 Å². The Bertz CT molecular complexity index is 1090. The van der Waals surface area contributed by atoms with E-state index in [-0.39, 0.29) is 0 Å². The Morgan fingerprint density at radius 2 is 1.47 bits per heavy atom. The van der Waals surface area contributed by atoms with Crippen LogP contribution in [0.15, 0.2) is 48.8 Å². The maximum atomic E-state index is 4.78. The highest BCUT2D eigenvalue weighted by Crippen LogP contribution is 2.43. The zero-order chi connectivity index (χ0) is 25.5. The molecule has 0 amide bonds. The number of piperidine rings is 1. The molecule has 0 bridgehead atoms. The van der Waals surface area contributed by atoms with Gasteiger partial charge in [-0.2, -0.15) is 0 Å². The lowest BCUT2D eigenvalue weighted by Gasteiger charge is -2.41. The molecule has 3 heteroatoms. The summed E-state index contributed by atoms with van der Waals surface area (Å²) in [7, 11) is 0. The van der Waals surface area contributed by atoms with E-state index < -0.39 is 0 Å². The lowest BCUT2D eigenvalue weighted by Crippen LogP contribution is -2.38. The lowest BCUT2D eigenvalue weighted by atomic mass is 9.71. The van der Waals surface area contributed by atoms with E-state index in [1.807, 2.05) is 12.4 Å². The highest BCUT2D eigenvalue weighted by atomic mass is 15.2. The van der Waals surface area contributed by atoms with Gasteiger partial charge in [0.25, 0.3) is 0 Å². The van der Waals surface area contributed by atoms with Gasteiger partial charge in [0.05, 0.1) is 11.2 Å². The molecule has 36 heavy (non-hydrogen) atoms. The zero-order valence-electron chi connectivity index (χ0n) is 23.3. The molecule has 194 valence electrons. The van der Waals surface area contributed by atoms with Crippen molar-refractivity contribution in [3.8, 4) is 0 Å². The van der Waals surface area contributed by atoms with Crippen LogP contribution in [0.3, 0.4) is 0 Å². The van der Waals surface area contributed by atoms with Gasteiger partial charge in [0, 0.05) is 23.8 Å². The van der Waals surface area contributed by atoms with Crippen molar-refractivity contribution in [1.29, 1.82) is 0 Å². The van der Waals surface area contributed by atoms with Gasteiger partial charge in [0.1, 0.15) is 0 Å². The fourth-order valence-electron chi connectivity index (χ4n) is 6.65. The van der Waals surface area contributed by atoms with Crippen molar-refractivity contribution in [3.05, 3.63) is 71.2 Å². The summed E-state index contributed by atoms with van der Waals surface area (Å²) >= 11 is 0. The molecule has 3 heterocycles. The second-order valence-electron chi connectivity index (χ2n) is 11.1. The van der Waals surface area contributed by atoms with Gasteiger partial charge in [-0.25, -0.2) is 0 Å². The minimum Gasteiger partial charge on any atom is -0.295 e. The van der Waals surface area contributed by atoms with Crippen LogP contribution in [0.1, 0.15) is 107 Å². The van der Waals surface area contributed by atoms with Crippen LogP contribution in [0.5, 0.6) is 0 Å². The molecule has 0 N–H and O–H groups in total. The summed E-state index contributed by atoms with van der Waals surface area (Å²) in [4.78, 5) is 12.2. The quantitative estimate of drug-likeness (QED) is 0.362. The van der Waals surface area contributed by atoms with Crippen molar-refractivity contribution in [2.24, 2.45) is 11.8 Å². The van der Waals surface area contributed by atoms with Crippen molar-refractivity contribution in [1.82, 2.24) is 14.9 Å². The first-order chi connectivity index (χ1) is 17.6. The van der Waals surface area contributed by atoms with Gasteiger partial charge in [0.2, 0.25) is 0 Å². The predicted octanol–water partition coefficient (Wildman–Crippen LogP) is 8.66. The van der Waals surface area contributed by atoms with Crippen LogP contribution >= 0.6 is 0 Å². The molecule has 1 unspecified atom stereocenters. The van der Waals surface area contributed by atoms with Crippen LogP contribution in [0, 0.1) is 18.8 Å².